The Bertz CT molecular complexity index is 697. The minimum Gasteiger partial charge on any atom is -0.338 e. The lowest BCUT2D eigenvalue weighted by molar-refractivity contribution is -0.128. The second kappa shape index (κ2) is 5.83. The summed E-state index contributed by atoms with van der Waals surface area (Å²) in [4.78, 5) is 17.9. The zero-order valence-electron chi connectivity index (χ0n) is 12.2. The van der Waals surface area contributed by atoms with Gasteiger partial charge in [-0.3, -0.25) is 9.78 Å². The van der Waals surface area contributed by atoms with Crippen LogP contribution in [0.25, 0.3) is 0 Å². The molecule has 114 valence electrons. The number of amides is 1. The quantitative estimate of drug-likeness (QED) is 0.872. The van der Waals surface area contributed by atoms with Crippen LogP contribution in [-0.4, -0.2) is 22.3 Å². The molecule has 3 rings (SSSR count). The maximum atomic E-state index is 13.3. The van der Waals surface area contributed by atoms with E-state index in [1.807, 2.05) is 13.0 Å². The van der Waals surface area contributed by atoms with Crippen molar-refractivity contribution in [3.05, 3.63) is 65.0 Å². The van der Waals surface area contributed by atoms with Crippen molar-refractivity contribution in [2.45, 2.75) is 25.8 Å². The summed E-state index contributed by atoms with van der Waals surface area (Å²) >= 11 is 0. The topological polar surface area (TPSA) is 33.2 Å². The molecule has 22 heavy (non-hydrogen) atoms. The lowest BCUT2D eigenvalue weighted by Crippen LogP contribution is -2.24. The Morgan fingerprint density at radius 2 is 2.00 bits per heavy atom. The predicted molar refractivity (Wildman–Crippen MR) is 78.1 cm³/mol. The number of carbonyl (C=O) groups is 1. The monoisotopic (exact) mass is 301 g/mol. The summed E-state index contributed by atoms with van der Waals surface area (Å²) in [5.41, 5.74) is 2.60. The van der Waals surface area contributed by atoms with Crippen LogP contribution in [0.4, 0.5) is 8.78 Å². The molecular weight excluding hydrogens is 285 g/mol. The van der Waals surface area contributed by atoms with Crippen molar-refractivity contribution in [2.75, 3.05) is 6.54 Å². The van der Waals surface area contributed by atoms with Crippen LogP contribution >= 0.6 is 0 Å². The Kier molecular flexibility index (Phi) is 3.88. The number of likely N-dealkylation sites (tertiary alicyclic amines) is 1. The fourth-order valence-electron chi connectivity index (χ4n) is 2.84. The van der Waals surface area contributed by atoms with Gasteiger partial charge in [0.2, 0.25) is 5.91 Å². The lowest BCUT2D eigenvalue weighted by atomic mass is 9.98. The number of aryl methyl sites for hydroxylation is 1. The second-order valence-corrected chi connectivity index (χ2v) is 5.68. The first kappa shape index (κ1) is 14.6. The first-order chi connectivity index (χ1) is 10.5. The zero-order valence-corrected chi connectivity index (χ0v) is 12.2. The number of carbonyl (C=O) groups excluding carboxylic acids is 1. The number of hydrogen-bond acceptors (Lipinski definition) is 2. The SMILES string of the molecule is Cc1cnccc1CN1C[C@@H](c2cc(F)cc([18F])c2)CC1=O. The van der Waals surface area contributed by atoms with Gasteiger partial charge in [-0.2, -0.15) is 0 Å². The van der Waals surface area contributed by atoms with Crippen molar-refractivity contribution >= 4 is 5.91 Å². The van der Waals surface area contributed by atoms with E-state index in [4.69, 9.17) is 0 Å². The number of benzene rings is 1. The molecule has 0 saturated carbocycles. The molecule has 5 heteroatoms. The van der Waals surface area contributed by atoms with E-state index in [-0.39, 0.29) is 18.2 Å². The van der Waals surface area contributed by atoms with E-state index in [1.165, 1.54) is 12.1 Å². The Morgan fingerprint density at radius 1 is 1.27 bits per heavy atom. The van der Waals surface area contributed by atoms with Crippen LogP contribution in [0, 0.1) is 18.6 Å². The third-order valence-electron chi connectivity index (χ3n) is 4.07. The van der Waals surface area contributed by atoms with Gasteiger partial charge in [0.25, 0.3) is 0 Å². The number of halogens is 2. The number of nitrogens with zero attached hydrogens (tertiary/aromatic N) is 2. The molecule has 1 fully saturated rings. The summed E-state index contributed by atoms with van der Waals surface area (Å²) in [6.07, 6.45) is 3.74. The van der Waals surface area contributed by atoms with E-state index >= 15 is 0 Å². The van der Waals surface area contributed by atoms with Crippen LogP contribution in [0.1, 0.15) is 29.0 Å². The first-order valence-electron chi connectivity index (χ1n) is 7.16. The fourth-order valence-corrected chi connectivity index (χ4v) is 2.84. The van der Waals surface area contributed by atoms with Crippen molar-refractivity contribution < 1.29 is 13.6 Å². The second-order valence-electron chi connectivity index (χ2n) is 5.68. The molecule has 0 N–H and O–H groups in total. The van der Waals surface area contributed by atoms with Crippen LogP contribution < -0.4 is 0 Å². The molecule has 0 radical (unpaired) electrons. The first-order valence-corrected chi connectivity index (χ1v) is 7.16. The summed E-state index contributed by atoms with van der Waals surface area (Å²) < 4.78 is 26.7. The Morgan fingerprint density at radius 3 is 2.68 bits per heavy atom. The van der Waals surface area contributed by atoms with Gasteiger partial charge in [-0.1, -0.05) is 0 Å². The third-order valence-corrected chi connectivity index (χ3v) is 4.07. The molecule has 1 aliphatic rings. The van der Waals surface area contributed by atoms with E-state index in [1.54, 1.807) is 17.3 Å². The zero-order chi connectivity index (χ0) is 15.7. The van der Waals surface area contributed by atoms with Crippen molar-refractivity contribution in [3.8, 4) is 0 Å². The molecule has 3 nitrogen and oxygen atoms in total. The summed E-state index contributed by atoms with van der Waals surface area (Å²) in [5, 5.41) is 0. The van der Waals surface area contributed by atoms with Gasteiger partial charge in [0, 0.05) is 43.9 Å². The Labute approximate surface area is 127 Å². The number of pyridine rings is 1. The van der Waals surface area contributed by atoms with E-state index in [9.17, 15) is 13.6 Å². The van der Waals surface area contributed by atoms with E-state index in [0.717, 1.165) is 17.2 Å². The van der Waals surface area contributed by atoms with E-state index in [2.05, 4.69) is 4.98 Å². The van der Waals surface area contributed by atoms with Gasteiger partial charge in [-0.25, -0.2) is 8.78 Å². The van der Waals surface area contributed by atoms with Gasteiger partial charge < -0.3 is 4.90 Å². The molecule has 1 aromatic heterocycles. The minimum atomic E-state index is -0.606. The van der Waals surface area contributed by atoms with Crippen molar-refractivity contribution in [3.63, 3.8) is 0 Å². The normalized spacial score (nSPS) is 18.0. The molecule has 0 spiro atoms. The van der Waals surface area contributed by atoms with Crippen molar-refractivity contribution in [2.24, 2.45) is 0 Å². The molecule has 0 unspecified atom stereocenters. The van der Waals surface area contributed by atoms with Crippen molar-refractivity contribution in [1.82, 2.24) is 9.88 Å². The van der Waals surface area contributed by atoms with Crippen LogP contribution in [0.5, 0.6) is 0 Å². The lowest BCUT2D eigenvalue weighted by Gasteiger charge is -2.18. The van der Waals surface area contributed by atoms with Gasteiger partial charge in [0.05, 0.1) is 0 Å². The van der Waals surface area contributed by atoms with Crippen molar-refractivity contribution in [1.29, 1.82) is 0 Å². The molecule has 1 amide bonds. The maximum absolute atomic E-state index is 13.3. The smallest absolute Gasteiger partial charge is 0.223 e. The number of hydrogen-bond donors (Lipinski definition) is 0. The molecule has 0 aliphatic carbocycles. The van der Waals surface area contributed by atoms with Gasteiger partial charge >= 0.3 is 0 Å². The van der Waals surface area contributed by atoms with Crippen LogP contribution in [0.2, 0.25) is 0 Å². The molecular formula is C17H16F2N2O. The van der Waals surface area contributed by atoms with Crippen LogP contribution in [0.15, 0.2) is 36.7 Å². The summed E-state index contributed by atoms with van der Waals surface area (Å²) in [5.74, 6) is -1.37. The van der Waals surface area contributed by atoms with Crippen LogP contribution in [-0.2, 0) is 11.3 Å². The average Bonchev–Trinajstić information content (AvgIpc) is 2.82. The van der Waals surface area contributed by atoms with Gasteiger partial charge in [-0.15, -0.1) is 0 Å². The average molecular weight is 301 g/mol. The fraction of sp³-hybridized carbons (Fsp3) is 0.294. The highest BCUT2D eigenvalue weighted by molar-refractivity contribution is 5.79. The molecule has 1 saturated heterocycles. The molecule has 2 aromatic rings. The summed E-state index contributed by atoms with van der Waals surface area (Å²) in [6.45, 7) is 2.92. The third kappa shape index (κ3) is 2.98. The number of aromatic nitrogens is 1. The standard InChI is InChI=1S/C17H16F2N2O/c1-11-8-20-3-2-12(11)9-21-10-14(6-17(21)22)13-4-15(18)7-16(19)5-13/h2-5,7-8,14H,6,9-10H2,1H3/t14-/m0/s1/i18-1. The predicted octanol–water partition coefficient (Wildman–Crippen LogP) is 3.18. The largest absolute Gasteiger partial charge is 0.338 e. The molecule has 2 heterocycles. The Balaban J connectivity index is 1.77. The van der Waals surface area contributed by atoms with Crippen LogP contribution in [0.3, 0.4) is 0 Å². The molecule has 1 atom stereocenters. The van der Waals surface area contributed by atoms with E-state index in [0.29, 0.717) is 18.7 Å². The molecule has 1 aromatic carbocycles. The Hall–Kier alpha value is -2.30. The summed E-state index contributed by atoms with van der Waals surface area (Å²) in [7, 11) is 0. The minimum absolute atomic E-state index is 0.00545. The van der Waals surface area contributed by atoms with E-state index < -0.39 is 11.6 Å². The highest BCUT2D eigenvalue weighted by atomic mass is 19.1. The maximum Gasteiger partial charge on any atom is 0.223 e. The number of rotatable bonds is 3. The van der Waals surface area contributed by atoms with Gasteiger partial charge in [-0.05, 0) is 41.8 Å². The van der Waals surface area contributed by atoms with Gasteiger partial charge in [0.15, 0.2) is 0 Å². The highest BCUT2D eigenvalue weighted by Crippen LogP contribution is 2.30. The molecule has 0 bridgehead atoms. The summed E-state index contributed by atoms with van der Waals surface area (Å²) in [6, 6.07) is 5.35. The molecule has 1 aliphatic heterocycles. The highest BCUT2D eigenvalue weighted by Gasteiger charge is 2.31. The van der Waals surface area contributed by atoms with Gasteiger partial charge in [0.1, 0.15) is 11.6 Å².